The standard InChI is InChI=1S/C26H26N4O4/c1-33-22-11-5-10-21-23(28-30(24(21)22)13-12-29-14-16-34-17-15-29)26(32)27-25(31)20-9-4-7-18-6-2-3-8-19(18)20/h2-11H,12-17H2,1H3,(H,27,31,32). The topological polar surface area (TPSA) is 85.7 Å². The molecule has 3 aromatic carbocycles. The van der Waals surface area contributed by atoms with Crippen LogP contribution in [0, 0.1) is 0 Å². The molecule has 8 nitrogen and oxygen atoms in total. The summed E-state index contributed by atoms with van der Waals surface area (Å²) in [6.07, 6.45) is 0. The fourth-order valence-corrected chi connectivity index (χ4v) is 4.41. The van der Waals surface area contributed by atoms with Gasteiger partial charge in [0.1, 0.15) is 11.3 Å². The van der Waals surface area contributed by atoms with Gasteiger partial charge in [0.15, 0.2) is 5.69 Å². The van der Waals surface area contributed by atoms with E-state index in [1.54, 1.807) is 17.9 Å². The summed E-state index contributed by atoms with van der Waals surface area (Å²) in [4.78, 5) is 28.6. The summed E-state index contributed by atoms with van der Waals surface area (Å²) < 4.78 is 12.8. The number of benzene rings is 3. The van der Waals surface area contributed by atoms with E-state index in [9.17, 15) is 9.59 Å². The molecule has 5 rings (SSSR count). The Hall–Kier alpha value is -3.75. The van der Waals surface area contributed by atoms with E-state index in [-0.39, 0.29) is 5.69 Å². The number of hydrogen-bond acceptors (Lipinski definition) is 6. The van der Waals surface area contributed by atoms with Crippen molar-refractivity contribution < 1.29 is 19.1 Å². The van der Waals surface area contributed by atoms with Crippen molar-refractivity contribution >= 4 is 33.5 Å². The van der Waals surface area contributed by atoms with E-state index in [0.29, 0.717) is 36.5 Å². The van der Waals surface area contributed by atoms with E-state index in [2.05, 4.69) is 15.3 Å². The van der Waals surface area contributed by atoms with Crippen molar-refractivity contribution in [3.8, 4) is 5.75 Å². The number of fused-ring (bicyclic) bond motifs is 2. The van der Waals surface area contributed by atoms with Crippen LogP contribution < -0.4 is 10.1 Å². The molecule has 8 heteroatoms. The number of hydrogen-bond donors (Lipinski definition) is 1. The highest BCUT2D eigenvalue weighted by atomic mass is 16.5. The Balaban J connectivity index is 1.44. The first kappa shape index (κ1) is 22.1. The van der Waals surface area contributed by atoms with Crippen LogP contribution in [0.3, 0.4) is 0 Å². The summed E-state index contributed by atoms with van der Waals surface area (Å²) in [5.74, 6) is -0.367. The number of morpholine rings is 1. The minimum atomic E-state index is -0.540. The van der Waals surface area contributed by atoms with Gasteiger partial charge in [-0.15, -0.1) is 0 Å². The normalized spacial score (nSPS) is 14.4. The molecule has 1 aromatic heterocycles. The van der Waals surface area contributed by atoms with Gasteiger partial charge in [0.25, 0.3) is 11.8 Å². The highest BCUT2D eigenvalue weighted by Crippen LogP contribution is 2.28. The van der Waals surface area contributed by atoms with E-state index < -0.39 is 11.8 Å². The first-order valence-corrected chi connectivity index (χ1v) is 11.3. The Bertz CT molecular complexity index is 1350. The number of nitrogens with one attached hydrogen (secondary N) is 1. The van der Waals surface area contributed by atoms with Crippen LogP contribution in [-0.4, -0.2) is 66.5 Å². The van der Waals surface area contributed by atoms with Gasteiger partial charge in [0.2, 0.25) is 0 Å². The molecule has 0 radical (unpaired) electrons. The predicted molar refractivity (Wildman–Crippen MR) is 129 cm³/mol. The van der Waals surface area contributed by atoms with Crippen LogP contribution in [0.1, 0.15) is 20.8 Å². The quantitative estimate of drug-likeness (QED) is 0.447. The van der Waals surface area contributed by atoms with Crippen LogP contribution >= 0.6 is 0 Å². The molecule has 0 aliphatic carbocycles. The fraction of sp³-hybridized carbons (Fsp3) is 0.269. The Labute approximate surface area is 197 Å². The fourth-order valence-electron chi connectivity index (χ4n) is 4.41. The van der Waals surface area contributed by atoms with Gasteiger partial charge in [-0.25, -0.2) is 0 Å². The SMILES string of the molecule is COc1cccc2c(C(=O)NC(=O)c3cccc4ccccc34)nn(CCN3CCOCC3)c12. The Kier molecular flexibility index (Phi) is 6.24. The molecule has 34 heavy (non-hydrogen) atoms. The second-order valence-electron chi connectivity index (χ2n) is 8.19. The maximum atomic E-state index is 13.2. The summed E-state index contributed by atoms with van der Waals surface area (Å²) in [6.45, 7) is 4.52. The maximum absolute atomic E-state index is 13.2. The number of imide groups is 1. The molecule has 174 valence electrons. The van der Waals surface area contributed by atoms with Crippen molar-refractivity contribution in [2.24, 2.45) is 0 Å². The van der Waals surface area contributed by atoms with Gasteiger partial charge in [-0.1, -0.05) is 48.5 Å². The third kappa shape index (κ3) is 4.25. The van der Waals surface area contributed by atoms with Crippen LogP contribution in [0.5, 0.6) is 5.75 Å². The number of amides is 2. The molecule has 1 saturated heterocycles. The molecule has 1 N–H and O–H groups in total. The monoisotopic (exact) mass is 458 g/mol. The number of aromatic nitrogens is 2. The number of ether oxygens (including phenoxy) is 2. The van der Waals surface area contributed by atoms with Gasteiger partial charge in [-0.3, -0.25) is 24.5 Å². The van der Waals surface area contributed by atoms with Crippen molar-refractivity contribution in [2.45, 2.75) is 6.54 Å². The van der Waals surface area contributed by atoms with E-state index in [1.807, 2.05) is 54.6 Å². The first-order chi connectivity index (χ1) is 16.7. The zero-order chi connectivity index (χ0) is 23.5. The molecule has 1 aliphatic rings. The number of carbonyl (C=O) groups is 2. The zero-order valence-corrected chi connectivity index (χ0v) is 19.0. The molecule has 0 spiro atoms. The lowest BCUT2D eigenvalue weighted by atomic mass is 10.0. The van der Waals surface area contributed by atoms with E-state index in [1.165, 1.54) is 0 Å². The summed E-state index contributed by atoms with van der Waals surface area (Å²) in [7, 11) is 1.60. The van der Waals surface area contributed by atoms with Crippen molar-refractivity contribution in [3.05, 3.63) is 71.9 Å². The number of methoxy groups -OCH3 is 1. The van der Waals surface area contributed by atoms with Crippen LogP contribution in [0.15, 0.2) is 60.7 Å². The smallest absolute Gasteiger partial charge is 0.279 e. The second kappa shape index (κ2) is 9.62. The average molecular weight is 459 g/mol. The lowest BCUT2D eigenvalue weighted by molar-refractivity contribution is 0.0361. The molecule has 0 bridgehead atoms. The molecular formula is C26H26N4O4. The summed E-state index contributed by atoms with van der Waals surface area (Å²) >= 11 is 0. The first-order valence-electron chi connectivity index (χ1n) is 11.3. The maximum Gasteiger partial charge on any atom is 0.279 e. The average Bonchev–Trinajstić information content (AvgIpc) is 3.27. The van der Waals surface area contributed by atoms with Gasteiger partial charge >= 0.3 is 0 Å². The molecule has 1 aliphatic heterocycles. The van der Waals surface area contributed by atoms with Crippen molar-refractivity contribution in [1.82, 2.24) is 20.0 Å². The van der Waals surface area contributed by atoms with Crippen LogP contribution in [0.25, 0.3) is 21.7 Å². The molecular weight excluding hydrogens is 432 g/mol. The molecule has 2 heterocycles. The summed E-state index contributed by atoms with van der Waals surface area (Å²) in [5.41, 5.74) is 1.38. The summed E-state index contributed by atoms with van der Waals surface area (Å²) in [5, 5.41) is 9.51. The van der Waals surface area contributed by atoms with E-state index in [0.717, 1.165) is 35.9 Å². The Morgan fingerprint density at radius 2 is 1.68 bits per heavy atom. The minimum Gasteiger partial charge on any atom is -0.494 e. The highest BCUT2D eigenvalue weighted by Gasteiger charge is 2.23. The molecule has 1 fully saturated rings. The molecule has 2 amide bonds. The summed E-state index contributed by atoms with van der Waals surface area (Å²) in [6, 6.07) is 18.5. The number of para-hydroxylation sites is 1. The molecule has 0 atom stereocenters. The number of carbonyl (C=O) groups excluding carboxylic acids is 2. The van der Waals surface area contributed by atoms with Gasteiger partial charge < -0.3 is 9.47 Å². The van der Waals surface area contributed by atoms with E-state index in [4.69, 9.17) is 9.47 Å². The lowest BCUT2D eigenvalue weighted by Crippen LogP contribution is -2.38. The number of nitrogens with zero attached hydrogens (tertiary/aromatic N) is 3. The van der Waals surface area contributed by atoms with Crippen molar-refractivity contribution in [2.75, 3.05) is 40.0 Å². The lowest BCUT2D eigenvalue weighted by Gasteiger charge is -2.26. The predicted octanol–water partition coefficient (Wildman–Crippen LogP) is 3.10. The third-order valence-corrected chi connectivity index (χ3v) is 6.16. The van der Waals surface area contributed by atoms with Crippen LogP contribution in [0.4, 0.5) is 0 Å². The highest BCUT2D eigenvalue weighted by molar-refractivity contribution is 6.17. The largest absolute Gasteiger partial charge is 0.494 e. The van der Waals surface area contributed by atoms with Crippen LogP contribution in [0.2, 0.25) is 0 Å². The van der Waals surface area contributed by atoms with Gasteiger partial charge in [-0.2, -0.15) is 5.10 Å². The van der Waals surface area contributed by atoms with E-state index >= 15 is 0 Å². The molecule has 4 aromatic rings. The zero-order valence-electron chi connectivity index (χ0n) is 19.0. The van der Waals surface area contributed by atoms with Gasteiger partial charge in [-0.05, 0) is 22.9 Å². The third-order valence-electron chi connectivity index (χ3n) is 6.16. The molecule has 0 saturated carbocycles. The minimum absolute atomic E-state index is 0.199. The van der Waals surface area contributed by atoms with Crippen molar-refractivity contribution in [1.29, 1.82) is 0 Å². The number of rotatable bonds is 6. The van der Waals surface area contributed by atoms with Gasteiger partial charge in [0, 0.05) is 30.6 Å². The van der Waals surface area contributed by atoms with Crippen molar-refractivity contribution in [3.63, 3.8) is 0 Å². The van der Waals surface area contributed by atoms with Crippen LogP contribution in [-0.2, 0) is 11.3 Å². The second-order valence-corrected chi connectivity index (χ2v) is 8.19. The van der Waals surface area contributed by atoms with Gasteiger partial charge in [0.05, 0.1) is 26.9 Å². The Morgan fingerprint density at radius 3 is 2.50 bits per heavy atom. The molecule has 0 unspecified atom stereocenters. The Morgan fingerprint density at radius 1 is 0.941 bits per heavy atom.